The summed E-state index contributed by atoms with van der Waals surface area (Å²) < 4.78 is 6.64. The van der Waals surface area contributed by atoms with Gasteiger partial charge in [0.05, 0.1) is 5.41 Å². The van der Waals surface area contributed by atoms with E-state index in [0.717, 1.165) is 28.6 Å². The average molecular weight is 924 g/mol. The van der Waals surface area contributed by atoms with E-state index >= 15 is 0 Å². The van der Waals surface area contributed by atoms with Gasteiger partial charge in [0.25, 0.3) is 0 Å². The van der Waals surface area contributed by atoms with Crippen molar-refractivity contribution in [3.05, 3.63) is 257 Å². The molecule has 9 aromatic carbocycles. The zero-order valence-corrected chi connectivity index (χ0v) is 42.6. The Morgan fingerprint density at radius 2 is 0.873 bits per heavy atom. The van der Waals surface area contributed by atoms with E-state index < -0.39 is 5.41 Å². The fourth-order valence-corrected chi connectivity index (χ4v) is 12.0. The normalized spacial score (nSPS) is 15.6. The Bertz CT molecular complexity index is 3340. The molecule has 0 saturated carbocycles. The van der Waals surface area contributed by atoms with Crippen LogP contribution in [0.2, 0.25) is 0 Å². The Balaban J connectivity index is 1.06. The van der Waals surface area contributed by atoms with Crippen LogP contribution in [0.15, 0.2) is 212 Å². The number of hydrogen-bond acceptors (Lipinski definition) is 2. The summed E-state index contributed by atoms with van der Waals surface area (Å²) in [6.45, 7) is 18.6. The molecule has 352 valence electrons. The molecular weight excluding hydrogens is 859 g/mol. The first kappa shape index (κ1) is 46.0. The van der Waals surface area contributed by atoms with Crippen LogP contribution in [0, 0.1) is 11.8 Å². The summed E-state index contributed by atoms with van der Waals surface area (Å²) in [5.41, 5.74) is 20.5. The van der Waals surface area contributed by atoms with E-state index in [4.69, 9.17) is 4.74 Å². The lowest BCUT2D eigenvalue weighted by Crippen LogP contribution is -2.29. The molecule has 11 rings (SSSR count). The first-order valence-electron chi connectivity index (χ1n) is 25.8. The first-order chi connectivity index (χ1) is 34.4. The third-order valence-electron chi connectivity index (χ3n) is 15.7. The van der Waals surface area contributed by atoms with Crippen molar-refractivity contribution < 1.29 is 4.74 Å². The van der Waals surface area contributed by atoms with Gasteiger partial charge in [-0.2, -0.15) is 0 Å². The molecule has 0 saturated heterocycles. The van der Waals surface area contributed by atoms with E-state index in [1.165, 1.54) is 84.3 Å². The monoisotopic (exact) mass is 924 g/mol. The topological polar surface area (TPSA) is 12.5 Å². The lowest BCUT2D eigenvalue weighted by atomic mass is 9.67. The fourth-order valence-electron chi connectivity index (χ4n) is 12.0. The molecule has 2 nitrogen and oxygen atoms in total. The van der Waals surface area contributed by atoms with Crippen LogP contribution in [0.3, 0.4) is 0 Å². The largest absolute Gasteiger partial charge is 0.457 e. The molecule has 0 fully saturated rings. The number of fused-ring (bicyclic) bond motifs is 6. The maximum atomic E-state index is 6.64. The van der Waals surface area contributed by atoms with Crippen molar-refractivity contribution in [3.8, 4) is 44.9 Å². The Hall–Kier alpha value is -7.42. The standard InChI is InChI=1S/C69H65NO/c1-45(2)42-63(47(5)6)51-26-36-57(37-27-51)71-58-38-30-53(31-39-58)69(52-28-22-48(23-29-52)46(3)4)65-21-15-13-19-60(65)62-41-35-56(44-67(62)69)70(54-32-24-50(25-33-54)49-16-10-9-11-17-49)55-34-40-61-59-18-12-14-20-64(59)68(7,8)66(61)43-55/h9-41,43-47,63H,42H2,1-8H3. The Labute approximate surface area is 422 Å². The molecule has 2 heteroatoms. The van der Waals surface area contributed by atoms with Crippen molar-refractivity contribution >= 4 is 17.1 Å². The van der Waals surface area contributed by atoms with Crippen LogP contribution in [-0.4, -0.2) is 0 Å². The van der Waals surface area contributed by atoms with Gasteiger partial charge in [-0.05, 0) is 169 Å². The smallest absolute Gasteiger partial charge is 0.127 e. The van der Waals surface area contributed by atoms with Gasteiger partial charge < -0.3 is 9.64 Å². The Morgan fingerprint density at radius 1 is 0.408 bits per heavy atom. The van der Waals surface area contributed by atoms with Crippen LogP contribution in [0.4, 0.5) is 17.1 Å². The van der Waals surface area contributed by atoms with E-state index in [0.29, 0.717) is 23.7 Å². The summed E-state index contributed by atoms with van der Waals surface area (Å²) >= 11 is 0. The summed E-state index contributed by atoms with van der Waals surface area (Å²) in [7, 11) is 0. The van der Waals surface area contributed by atoms with Crippen LogP contribution >= 0.6 is 0 Å². The summed E-state index contributed by atoms with van der Waals surface area (Å²) in [6.07, 6.45) is 1.18. The molecule has 0 spiro atoms. The van der Waals surface area contributed by atoms with Gasteiger partial charge >= 0.3 is 0 Å². The average Bonchev–Trinajstić information content (AvgIpc) is 3.81. The SMILES string of the molecule is CC(C)CC(c1ccc(Oc2ccc(C3(c4ccc(C(C)C)cc4)c4ccccc4-c4ccc(N(c5ccc(-c6ccccc6)cc5)c5ccc6c(c5)C(C)(C)c5ccccc5-6)cc43)cc2)cc1)C(C)C. The van der Waals surface area contributed by atoms with Gasteiger partial charge in [0.1, 0.15) is 11.5 Å². The minimum Gasteiger partial charge on any atom is -0.457 e. The van der Waals surface area contributed by atoms with E-state index in [1.807, 2.05) is 0 Å². The summed E-state index contributed by atoms with van der Waals surface area (Å²) in [5.74, 6) is 3.83. The maximum Gasteiger partial charge on any atom is 0.127 e. The van der Waals surface area contributed by atoms with Crippen LogP contribution in [0.5, 0.6) is 11.5 Å². The van der Waals surface area contributed by atoms with Crippen molar-refractivity contribution in [2.24, 2.45) is 11.8 Å². The van der Waals surface area contributed by atoms with Gasteiger partial charge in [-0.1, -0.05) is 207 Å². The highest BCUT2D eigenvalue weighted by Gasteiger charge is 2.46. The van der Waals surface area contributed by atoms with Crippen molar-refractivity contribution in [3.63, 3.8) is 0 Å². The molecule has 0 bridgehead atoms. The van der Waals surface area contributed by atoms with Gasteiger partial charge in [-0.25, -0.2) is 0 Å². The van der Waals surface area contributed by atoms with Crippen LogP contribution in [0.1, 0.15) is 118 Å². The van der Waals surface area contributed by atoms with Gasteiger partial charge in [0.2, 0.25) is 0 Å². The van der Waals surface area contributed by atoms with Crippen molar-refractivity contribution in [1.29, 1.82) is 0 Å². The minimum atomic E-state index is -0.621. The fraction of sp³-hybridized carbons (Fsp3) is 0.217. The van der Waals surface area contributed by atoms with E-state index in [9.17, 15) is 0 Å². The lowest BCUT2D eigenvalue weighted by molar-refractivity contribution is 0.407. The van der Waals surface area contributed by atoms with Crippen LogP contribution in [-0.2, 0) is 10.8 Å². The molecule has 2 aliphatic carbocycles. The maximum absolute atomic E-state index is 6.64. The first-order valence-corrected chi connectivity index (χ1v) is 25.8. The third kappa shape index (κ3) is 8.08. The molecule has 0 radical (unpaired) electrons. The Morgan fingerprint density at radius 3 is 1.46 bits per heavy atom. The van der Waals surface area contributed by atoms with E-state index in [2.05, 4.69) is 273 Å². The van der Waals surface area contributed by atoms with Crippen molar-refractivity contribution in [2.75, 3.05) is 4.90 Å². The molecule has 71 heavy (non-hydrogen) atoms. The quantitative estimate of drug-likeness (QED) is 0.114. The molecule has 2 atom stereocenters. The number of benzene rings is 9. The van der Waals surface area contributed by atoms with Gasteiger partial charge in [-0.15, -0.1) is 0 Å². The number of rotatable bonds is 13. The van der Waals surface area contributed by atoms with Crippen molar-refractivity contribution in [1.82, 2.24) is 0 Å². The predicted octanol–water partition coefficient (Wildman–Crippen LogP) is 19.2. The predicted molar refractivity (Wildman–Crippen MR) is 299 cm³/mol. The van der Waals surface area contributed by atoms with Gasteiger partial charge in [-0.3, -0.25) is 0 Å². The number of nitrogens with zero attached hydrogens (tertiary/aromatic N) is 1. The highest BCUT2D eigenvalue weighted by atomic mass is 16.5. The van der Waals surface area contributed by atoms with Crippen molar-refractivity contribution in [2.45, 2.75) is 84.5 Å². The highest BCUT2D eigenvalue weighted by Crippen LogP contribution is 2.58. The van der Waals surface area contributed by atoms with Crippen LogP contribution in [0.25, 0.3) is 33.4 Å². The van der Waals surface area contributed by atoms with Gasteiger partial charge in [0, 0.05) is 22.5 Å². The van der Waals surface area contributed by atoms with E-state index in [1.54, 1.807) is 0 Å². The third-order valence-corrected chi connectivity index (χ3v) is 15.7. The van der Waals surface area contributed by atoms with Gasteiger partial charge in [0.15, 0.2) is 0 Å². The number of anilines is 3. The second kappa shape index (κ2) is 18.4. The highest BCUT2D eigenvalue weighted by molar-refractivity contribution is 5.91. The minimum absolute atomic E-state index is 0.148. The Kier molecular flexibility index (Phi) is 11.9. The molecular formula is C69H65NO. The molecule has 9 aromatic rings. The second-order valence-electron chi connectivity index (χ2n) is 21.6. The zero-order valence-electron chi connectivity index (χ0n) is 42.6. The lowest BCUT2D eigenvalue weighted by Gasteiger charge is -2.35. The summed E-state index contributed by atoms with van der Waals surface area (Å²) in [5, 5.41) is 0. The summed E-state index contributed by atoms with van der Waals surface area (Å²) in [6, 6.07) is 79.2. The van der Waals surface area contributed by atoms with Crippen LogP contribution < -0.4 is 9.64 Å². The molecule has 2 unspecified atom stereocenters. The molecule has 0 aromatic heterocycles. The second-order valence-corrected chi connectivity index (χ2v) is 21.6. The molecule has 0 aliphatic heterocycles. The molecule has 0 N–H and O–H groups in total. The van der Waals surface area contributed by atoms with E-state index in [-0.39, 0.29) is 5.41 Å². The molecule has 2 aliphatic rings. The summed E-state index contributed by atoms with van der Waals surface area (Å²) in [4.78, 5) is 2.47. The number of ether oxygens (including phenoxy) is 1. The molecule has 0 amide bonds. The zero-order chi connectivity index (χ0) is 49.0. The number of hydrogen-bond donors (Lipinski definition) is 0. The molecule has 0 heterocycles.